The predicted molar refractivity (Wildman–Crippen MR) is 74.5 cm³/mol. The zero-order chi connectivity index (χ0) is 13.4. The van der Waals surface area contributed by atoms with Gasteiger partial charge < -0.3 is 16.4 Å². The summed E-state index contributed by atoms with van der Waals surface area (Å²) >= 11 is 0. The highest BCUT2D eigenvalue weighted by Gasteiger charge is 2.02. The van der Waals surface area contributed by atoms with Gasteiger partial charge in [-0.1, -0.05) is 13.8 Å². The van der Waals surface area contributed by atoms with Crippen molar-refractivity contribution in [2.75, 3.05) is 23.7 Å². The van der Waals surface area contributed by atoms with E-state index >= 15 is 0 Å². The van der Waals surface area contributed by atoms with Crippen LogP contribution in [0.1, 0.15) is 26.7 Å². The number of anilines is 2. The second kappa shape index (κ2) is 7.66. The molecule has 4 N–H and O–H groups in total. The predicted octanol–water partition coefficient (Wildman–Crippen LogP) is 1.83. The summed E-state index contributed by atoms with van der Waals surface area (Å²) in [5, 5.41) is 6.00. The van der Waals surface area contributed by atoms with Gasteiger partial charge >= 0.3 is 0 Å². The fourth-order valence-corrected chi connectivity index (χ4v) is 1.37. The van der Waals surface area contributed by atoms with Crippen molar-refractivity contribution in [3.63, 3.8) is 0 Å². The van der Waals surface area contributed by atoms with Crippen molar-refractivity contribution in [3.05, 3.63) is 18.3 Å². The second-order valence-electron chi connectivity index (χ2n) is 4.65. The van der Waals surface area contributed by atoms with Gasteiger partial charge in [0.15, 0.2) is 0 Å². The van der Waals surface area contributed by atoms with Crippen molar-refractivity contribution in [3.8, 4) is 0 Å². The van der Waals surface area contributed by atoms with Crippen LogP contribution in [-0.2, 0) is 4.79 Å². The first-order chi connectivity index (χ1) is 8.61. The van der Waals surface area contributed by atoms with Gasteiger partial charge in [0.25, 0.3) is 0 Å². The molecular formula is C13H22N4O. The molecule has 0 aliphatic heterocycles. The average molecular weight is 250 g/mol. The number of nitrogens with one attached hydrogen (secondary N) is 2. The van der Waals surface area contributed by atoms with E-state index in [9.17, 15) is 4.79 Å². The Morgan fingerprint density at radius 3 is 2.78 bits per heavy atom. The van der Waals surface area contributed by atoms with Gasteiger partial charge in [0, 0.05) is 13.0 Å². The van der Waals surface area contributed by atoms with Gasteiger partial charge in [-0.25, -0.2) is 4.98 Å². The lowest BCUT2D eigenvalue weighted by atomic mass is 10.2. The Hall–Kier alpha value is -1.62. The normalized spacial score (nSPS) is 10.4. The molecule has 1 amide bonds. The van der Waals surface area contributed by atoms with Gasteiger partial charge in [-0.2, -0.15) is 0 Å². The third-order valence-corrected chi connectivity index (χ3v) is 2.35. The Kier molecular flexibility index (Phi) is 6.14. The number of carbonyl (C=O) groups is 1. The zero-order valence-corrected chi connectivity index (χ0v) is 11.1. The maximum atomic E-state index is 11.5. The number of carbonyl (C=O) groups excluding carboxylic acids is 1. The minimum atomic E-state index is -0.0230. The molecule has 18 heavy (non-hydrogen) atoms. The molecule has 0 fully saturated rings. The molecule has 0 unspecified atom stereocenters. The molecule has 1 heterocycles. The van der Waals surface area contributed by atoms with Gasteiger partial charge in [-0.3, -0.25) is 4.79 Å². The number of pyridine rings is 1. The SMILES string of the molecule is CC(C)CNc1ccc(NC(=O)CCCN)cn1. The molecule has 100 valence electrons. The summed E-state index contributed by atoms with van der Waals surface area (Å²) in [6.45, 7) is 5.69. The molecule has 0 bridgehead atoms. The third-order valence-electron chi connectivity index (χ3n) is 2.35. The van der Waals surface area contributed by atoms with Crippen molar-refractivity contribution in [1.82, 2.24) is 4.98 Å². The van der Waals surface area contributed by atoms with E-state index in [-0.39, 0.29) is 5.91 Å². The van der Waals surface area contributed by atoms with E-state index < -0.39 is 0 Å². The number of amides is 1. The number of hydrogen-bond acceptors (Lipinski definition) is 4. The smallest absolute Gasteiger partial charge is 0.224 e. The van der Waals surface area contributed by atoms with E-state index in [1.165, 1.54) is 0 Å². The Balaban J connectivity index is 2.42. The molecule has 0 atom stereocenters. The number of hydrogen-bond donors (Lipinski definition) is 3. The quantitative estimate of drug-likeness (QED) is 0.689. The van der Waals surface area contributed by atoms with Crippen LogP contribution in [0.5, 0.6) is 0 Å². The van der Waals surface area contributed by atoms with Gasteiger partial charge in [0.2, 0.25) is 5.91 Å². The molecule has 0 aromatic carbocycles. The monoisotopic (exact) mass is 250 g/mol. The fourth-order valence-electron chi connectivity index (χ4n) is 1.37. The molecule has 1 rings (SSSR count). The van der Waals surface area contributed by atoms with Crippen LogP contribution in [0.15, 0.2) is 18.3 Å². The highest BCUT2D eigenvalue weighted by molar-refractivity contribution is 5.90. The van der Waals surface area contributed by atoms with Crippen molar-refractivity contribution >= 4 is 17.4 Å². The Labute approximate surface area is 108 Å². The summed E-state index contributed by atoms with van der Waals surface area (Å²) in [5.74, 6) is 1.37. The number of rotatable bonds is 7. The van der Waals surface area contributed by atoms with Crippen molar-refractivity contribution in [2.24, 2.45) is 11.7 Å². The van der Waals surface area contributed by atoms with Gasteiger partial charge in [-0.05, 0) is 31.0 Å². The summed E-state index contributed by atoms with van der Waals surface area (Å²) in [7, 11) is 0. The highest BCUT2D eigenvalue weighted by atomic mass is 16.1. The average Bonchev–Trinajstić information content (AvgIpc) is 2.35. The lowest BCUT2D eigenvalue weighted by Crippen LogP contribution is -2.14. The van der Waals surface area contributed by atoms with Crippen LogP contribution in [0.25, 0.3) is 0 Å². The lowest BCUT2D eigenvalue weighted by molar-refractivity contribution is -0.116. The number of nitrogens with zero attached hydrogens (tertiary/aromatic N) is 1. The van der Waals surface area contributed by atoms with Crippen LogP contribution in [0, 0.1) is 5.92 Å². The van der Waals surface area contributed by atoms with Crippen molar-refractivity contribution in [2.45, 2.75) is 26.7 Å². The molecule has 5 heteroatoms. The molecular weight excluding hydrogens is 228 g/mol. The van der Waals surface area contributed by atoms with E-state index in [1.54, 1.807) is 6.20 Å². The first-order valence-electron chi connectivity index (χ1n) is 6.31. The standard InChI is InChI=1S/C13H22N4O/c1-10(2)8-15-12-6-5-11(9-16-12)17-13(18)4-3-7-14/h5-6,9-10H,3-4,7-8,14H2,1-2H3,(H,15,16)(H,17,18). The summed E-state index contributed by atoms with van der Waals surface area (Å²) in [6.07, 6.45) is 2.81. The van der Waals surface area contributed by atoms with Crippen LogP contribution in [0.2, 0.25) is 0 Å². The largest absolute Gasteiger partial charge is 0.370 e. The number of nitrogens with two attached hydrogens (primary N) is 1. The Bertz CT molecular complexity index is 362. The summed E-state index contributed by atoms with van der Waals surface area (Å²) < 4.78 is 0. The molecule has 0 radical (unpaired) electrons. The third kappa shape index (κ3) is 5.63. The minimum absolute atomic E-state index is 0.0230. The summed E-state index contributed by atoms with van der Waals surface area (Å²) in [5.41, 5.74) is 6.06. The van der Waals surface area contributed by atoms with Crippen LogP contribution >= 0.6 is 0 Å². The zero-order valence-electron chi connectivity index (χ0n) is 11.1. The Morgan fingerprint density at radius 2 is 2.22 bits per heavy atom. The second-order valence-corrected chi connectivity index (χ2v) is 4.65. The maximum absolute atomic E-state index is 11.5. The van der Waals surface area contributed by atoms with Crippen LogP contribution < -0.4 is 16.4 Å². The maximum Gasteiger partial charge on any atom is 0.224 e. The van der Waals surface area contributed by atoms with Crippen LogP contribution in [0.4, 0.5) is 11.5 Å². The number of aromatic nitrogens is 1. The first-order valence-corrected chi connectivity index (χ1v) is 6.31. The highest BCUT2D eigenvalue weighted by Crippen LogP contribution is 2.10. The molecule has 1 aromatic heterocycles. The first kappa shape index (κ1) is 14.4. The molecule has 0 saturated heterocycles. The van der Waals surface area contributed by atoms with Crippen molar-refractivity contribution < 1.29 is 4.79 Å². The molecule has 0 aliphatic rings. The van der Waals surface area contributed by atoms with Gasteiger partial charge in [0.1, 0.15) is 5.82 Å². The topological polar surface area (TPSA) is 80.0 Å². The van der Waals surface area contributed by atoms with Gasteiger partial charge in [-0.15, -0.1) is 0 Å². The van der Waals surface area contributed by atoms with E-state index in [4.69, 9.17) is 5.73 Å². The summed E-state index contributed by atoms with van der Waals surface area (Å²) in [4.78, 5) is 15.7. The van der Waals surface area contributed by atoms with Crippen LogP contribution in [-0.4, -0.2) is 24.0 Å². The van der Waals surface area contributed by atoms with E-state index in [0.29, 0.717) is 31.0 Å². The molecule has 0 spiro atoms. The van der Waals surface area contributed by atoms with E-state index in [1.807, 2.05) is 12.1 Å². The van der Waals surface area contributed by atoms with E-state index in [2.05, 4.69) is 29.5 Å². The lowest BCUT2D eigenvalue weighted by Gasteiger charge is -2.09. The molecule has 5 nitrogen and oxygen atoms in total. The summed E-state index contributed by atoms with van der Waals surface area (Å²) in [6, 6.07) is 3.71. The van der Waals surface area contributed by atoms with Crippen molar-refractivity contribution in [1.29, 1.82) is 0 Å². The van der Waals surface area contributed by atoms with Crippen LogP contribution in [0.3, 0.4) is 0 Å². The van der Waals surface area contributed by atoms with Gasteiger partial charge in [0.05, 0.1) is 11.9 Å². The molecule has 1 aromatic rings. The Morgan fingerprint density at radius 1 is 1.44 bits per heavy atom. The molecule has 0 aliphatic carbocycles. The fraction of sp³-hybridized carbons (Fsp3) is 0.538. The van der Waals surface area contributed by atoms with E-state index in [0.717, 1.165) is 12.4 Å². The molecule has 0 saturated carbocycles. The minimum Gasteiger partial charge on any atom is -0.370 e.